The summed E-state index contributed by atoms with van der Waals surface area (Å²) in [5.41, 5.74) is 7.23. The van der Waals surface area contributed by atoms with E-state index in [9.17, 15) is 9.59 Å². The quantitative estimate of drug-likeness (QED) is 0.487. The van der Waals surface area contributed by atoms with Gasteiger partial charge in [0.25, 0.3) is 5.56 Å². The number of nitrogens with one attached hydrogen (secondary N) is 2. The van der Waals surface area contributed by atoms with E-state index in [-0.39, 0.29) is 22.7 Å². The van der Waals surface area contributed by atoms with Gasteiger partial charge < -0.3 is 16.2 Å². The van der Waals surface area contributed by atoms with Crippen molar-refractivity contribution in [1.29, 1.82) is 0 Å². The number of anilines is 2. The van der Waals surface area contributed by atoms with Crippen LogP contribution < -0.4 is 16.6 Å². The van der Waals surface area contributed by atoms with E-state index < -0.39 is 11.5 Å². The Hall–Kier alpha value is -3.49. The van der Waals surface area contributed by atoms with Crippen molar-refractivity contribution >= 4 is 28.8 Å². The van der Waals surface area contributed by atoms with Gasteiger partial charge in [-0.15, -0.1) is 0 Å². The second-order valence-electron chi connectivity index (χ2n) is 5.40. The highest BCUT2D eigenvalue weighted by Crippen LogP contribution is 2.10. The molecule has 0 saturated heterocycles. The van der Waals surface area contributed by atoms with Gasteiger partial charge in [-0.2, -0.15) is 4.98 Å². The Bertz CT molecular complexity index is 968. The molecule has 0 atom stereocenters. The lowest BCUT2D eigenvalue weighted by molar-refractivity contribution is 0.0697. The number of aryl methyl sites for hydroxylation is 1. The molecule has 9 heteroatoms. The molecule has 25 heavy (non-hydrogen) atoms. The maximum atomic E-state index is 11.8. The van der Waals surface area contributed by atoms with Gasteiger partial charge in [0.1, 0.15) is 0 Å². The maximum absolute atomic E-state index is 11.8. The van der Waals surface area contributed by atoms with Gasteiger partial charge in [0, 0.05) is 12.2 Å². The number of aromatic nitrogens is 4. The number of hydrogen-bond acceptors (Lipinski definition) is 7. The van der Waals surface area contributed by atoms with Crippen molar-refractivity contribution in [3.63, 3.8) is 0 Å². The fourth-order valence-electron chi connectivity index (χ4n) is 2.32. The zero-order chi connectivity index (χ0) is 17.8. The van der Waals surface area contributed by atoms with E-state index in [1.807, 2.05) is 0 Å². The predicted octanol–water partition coefficient (Wildman–Crippen LogP) is 1.04. The summed E-state index contributed by atoms with van der Waals surface area (Å²) in [4.78, 5) is 37.3. The third-order valence-corrected chi connectivity index (χ3v) is 3.56. The minimum absolute atomic E-state index is 0.0117. The number of aromatic amines is 1. The van der Waals surface area contributed by atoms with Gasteiger partial charge in [-0.25, -0.2) is 14.8 Å². The highest BCUT2D eigenvalue weighted by Gasteiger charge is 2.06. The van der Waals surface area contributed by atoms with Crippen molar-refractivity contribution in [2.45, 2.75) is 12.8 Å². The van der Waals surface area contributed by atoms with Gasteiger partial charge in [-0.1, -0.05) is 0 Å². The molecular weight excluding hydrogens is 324 g/mol. The number of rotatable bonds is 6. The van der Waals surface area contributed by atoms with Crippen molar-refractivity contribution in [1.82, 2.24) is 19.9 Å². The molecule has 128 valence electrons. The summed E-state index contributed by atoms with van der Waals surface area (Å²) in [7, 11) is 0. The summed E-state index contributed by atoms with van der Waals surface area (Å²) in [6.45, 7) is 0.669. The Morgan fingerprint density at radius 1 is 1.24 bits per heavy atom. The van der Waals surface area contributed by atoms with Crippen LogP contribution in [0, 0.1) is 0 Å². The molecule has 0 radical (unpaired) electrons. The summed E-state index contributed by atoms with van der Waals surface area (Å²) in [5.74, 6) is -0.940. The molecule has 0 aliphatic rings. The molecule has 3 rings (SSSR count). The third-order valence-electron chi connectivity index (χ3n) is 3.56. The zero-order valence-electron chi connectivity index (χ0n) is 13.2. The minimum atomic E-state index is -0.951. The Morgan fingerprint density at radius 3 is 2.72 bits per heavy atom. The van der Waals surface area contributed by atoms with E-state index in [4.69, 9.17) is 10.8 Å². The Kier molecular flexibility index (Phi) is 4.55. The van der Waals surface area contributed by atoms with E-state index >= 15 is 0 Å². The summed E-state index contributed by atoms with van der Waals surface area (Å²) in [6, 6.07) is 6.53. The van der Waals surface area contributed by atoms with Crippen LogP contribution in [-0.4, -0.2) is 37.6 Å². The highest BCUT2D eigenvalue weighted by molar-refractivity contribution is 5.88. The number of carboxylic acids is 1. The molecule has 5 N–H and O–H groups in total. The van der Waals surface area contributed by atoms with E-state index in [0.717, 1.165) is 12.1 Å². The molecule has 9 nitrogen and oxygen atoms in total. The Morgan fingerprint density at radius 2 is 2.00 bits per heavy atom. The molecule has 0 saturated carbocycles. The van der Waals surface area contributed by atoms with Crippen molar-refractivity contribution < 1.29 is 9.90 Å². The lowest BCUT2D eigenvalue weighted by atomic mass is 10.2. The number of hydrogen-bond donors (Lipinski definition) is 4. The molecule has 1 aromatic carbocycles. The van der Waals surface area contributed by atoms with Crippen molar-refractivity contribution in [3.8, 4) is 0 Å². The number of H-pyrrole nitrogens is 1. The monoisotopic (exact) mass is 340 g/mol. The van der Waals surface area contributed by atoms with Crippen LogP contribution in [0.1, 0.15) is 22.5 Å². The predicted molar refractivity (Wildman–Crippen MR) is 92.6 cm³/mol. The Labute approximate surface area is 142 Å². The number of nitrogen functional groups attached to an aromatic ring is 1. The summed E-state index contributed by atoms with van der Waals surface area (Å²) < 4.78 is 0. The van der Waals surface area contributed by atoms with E-state index in [1.165, 1.54) is 0 Å². The third kappa shape index (κ3) is 3.89. The standard InChI is InChI=1S/C16H16N6O3/c17-16-21-13-12(14(23)22-16)20-11(8-19-13)2-1-7-18-10-5-3-9(4-6-10)15(24)25/h3-6,8,18H,1-2,7H2,(H,24,25)(H3,17,19,21,22,23). The van der Waals surface area contributed by atoms with Gasteiger partial charge in [-0.05, 0) is 37.1 Å². The number of benzene rings is 1. The van der Waals surface area contributed by atoms with Crippen LogP contribution >= 0.6 is 0 Å². The molecule has 0 aliphatic heterocycles. The number of carboxylic acid groups (broad SMARTS) is 1. The minimum Gasteiger partial charge on any atom is -0.478 e. The fraction of sp³-hybridized carbons (Fsp3) is 0.188. The van der Waals surface area contributed by atoms with Gasteiger partial charge in [0.05, 0.1) is 17.5 Å². The zero-order valence-corrected chi connectivity index (χ0v) is 13.2. The molecule has 0 unspecified atom stereocenters. The van der Waals surface area contributed by atoms with Crippen LogP contribution in [0.15, 0.2) is 35.3 Å². The van der Waals surface area contributed by atoms with Crippen molar-refractivity contribution in [2.75, 3.05) is 17.6 Å². The number of carbonyl (C=O) groups is 1. The highest BCUT2D eigenvalue weighted by atomic mass is 16.4. The van der Waals surface area contributed by atoms with Crippen LogP contribution in [0.4, 0.5) is 11.6 Å². The van der Waals surface area contributed by atoms with E-state index in [1.54, 1.807) is 30.5 Å². The van der Waals surface area contributed by atoms with Gasteiger partial charge in [0.2, 0.25) is 5.95 Å². The number of nitrogens with zero attached hydrogens (tertiary/aromatic N) is 3. The normalized spacial score (nSPS) is 10.7. The van der Waals surface area contributed by atoms with Crippen LogP contribution in [0.5, 0.6) is 0 Å². The van der Waals surface area contributed by atoms with E-state index in [2.05, 4.69) is 25.3 Å². The van der Waals surface area contributed by atoms with Gasteiger partial charge in [0.15, 0.2) is 11.2 Å². The second-order valence-corrected chi connectivity index (χ2v) is 5.40. The second kappa shape index (κ2) is 6.95. The molecule has 0 bridgehead atoms. The Balaban J connectivity index is 1.58. The van der Waals surface area contributed by atoms with Crippen molar-refractivity contribution in [3.05, 3.63) is 52.1 Å². The molecule has 0 spiro atoms. The van der Waals surface area contributed by atoms with E-state index in [0.29, 0.717) is 18.7 Å². The maximum Gasteiger partial charge on any atom is 0.335 e. The SMILES string of the molecule is Nc1nc2ncc(CCCNc3ccc(C(=O)O)cc3)nc2c(=O)[nH]1. The summed E-state index contributed by atoms with van der Waals surface area (Å²) >= 11 is 0. The molecule has 2 aromatic heterocycles. The van der Waals surface area contributed by atoms with Gasteiger partial charge >= 0.3 is 5.97 Å². The van der Waals surface area contributed by atoms with Crippen LogP contribution in [0.2, 0.25) is 0 Å². The first-order chi connectivity index (χ1) is 12.0. The molecule has 0 aliphatic carbocycles. The summed E-state index contributed by atoms with van der Waals surface area (Å²) in [5, 5.41) is 12.1. The average Bonchev–Trinajstić information content (AvgIpc) is 2.59. The number of fused-ring (bicyclic) bond motifs is 1. The van der Waals surface area contributed by atoms with Crippen LogP contribution in [0.25, 0.3) is 11.2 Å². The smallest absolute Gasteiger partial charge is 0.335 e. The first-order valence-electron chi connectivity index (χ1n) is 7.61. The average molecular weight is 340 g/mol. The first kappa shape index (κ1) is 16.4. The molecule has 0 fully saturated rings. The van der Waals surface area contributed by atoms with Gasteiger partial charge in [-0.3, -0.25) is 9.78 Å². The molecular formula is C16H16N6O3. The largest absolute Gasteiger partial charge is 0.478 e. The first-order valence-corrected chi connectivity index (χ1v) is 7.61. The molecule has 3 aromatic rings. The topological polar surface area (TPSA) is 147 Å². The molecule has 0 amide bonds. The number of aromatic carboxylic acids is 1. The molecule has 2 heterocycles. The summed E-state index contributed by atoms with van der Waals surface area (Å²) in [6.07, 6.45) is 2.98. The van der Waals surface area contributed by atoms with Crippen molar-refractivity contribution in [2.24, 2.45) is 0 Å². The van der Waals surface area contributed by atoms with Crippen LogP contribution in [0.3, 0.4) is 0 Å². The lowest BCUT2D eigenvalue weighted by Crippen LogP contribution is -2.14. The lowest BCUT2D eigenvalue weighted by Gasteiger charge is -2.07. The van der Waals surface area contributed by atoms with Crippen LogP contribution in [-0.2, 0) is 6.42 Å². The fourth-order valence-corrected chi connectivity index (χ4v) is 2.32. The number of nitrogens with two attached hydrogens (primary N) is 1.